The first-order valence-corrected chi connectivity index (χ1v) is 5.73. The van der Waals surface area contributed by atoms with Gasteiger partial charge in [0, 0.05) is 17.1 Å². The normalized spacial score (nSPS) is 11.4. The van der Waals surface area contributed by atoms with E-state index in [0.29, 0.717) is 0 Å². The van der Waals surface area contributed by atoms with E-state index in [1.54, 1.807) is 12.3 Å². The fraction of sp³-hybridized carbons (Fsp3) is 0.571. The molecule has 0 spiro atoms. The highest BCUT2D eigenvalue weighted by Gasteiger charge is 2.25. The molecule has 1 rings (SSSR count). The SMILES string of the molecule is CC(CCl)(CCl)NC(=O)c1csnn1. The molecular weight excluding hydrogens is 245 g/mol. The van der Waals surface area contributed by atoms with E-state index >= 15 is 0 Å². The van der Waals surface area contributed by atoms with Gasteiger partial charge in [0.2, 0.25) is 0 Å². The summed E-state index contributed by atoms with van der Waals surface area (Å²) < 4.78 is 3.59. The lowest BCUT2D eigenvalue weighted by Gasteiger charge is -2.25. The lowest BCUT2D eigenvalue weighted by atomic mass is 10.1. The molecule has 1 heterocycles. The van der Waals surface area contributed by atoms with Crippen molar-refractivity contribution in [1.82, 2.24) is 14.9 Å². The van der Waals surface area contributed by atoms with Gasteiger partial charge in [0.05, 0.1) is 5.54 Å². The van der Waals surface area contributed by atoms with Gasteiger partial charge in [-0.2, -0.15) is 0 Å². The molecule has 1 N–H and O–H groups in total. The van der Waals surface area contributed by atoms with Crippen LogP contribution < -0.4 is 5.32 Å². The Morgan fingerprint density at radius 2 is 2.29 bits per heavy atom. The molecular formula is C7H9Cl2N3OS. The summed E-state index contributed by atoms with van der Waals surface area (Å²) in [6, 6.07) is 0. The van der Waals surface area contributed by atoms with Crippen molar-refractivity contribution in [3.8, 4) is 0 Å². The molecule has 0 aliphatic rings. The van der Waals surface area contributed by atoms with E-state index in [1.165, 1.54) is 0 Å². The number of nitrogens with zero attached hydrogens (tertiary/aromatic N) is 2. The van der Waals surface area contributed by atoms with Crippen LogP contribution in [0.2, 0.25) is 0 Å². The number of carbonyl (C=O) groups is 1. The minimum Gasteiger partial charge on any atom is -0.343 e. The standard InChI is InChI=1S/C7H9Cl2N3OS/c1-7(3-8,4-9)10-6(13)5-2-14-12-11-5/h2H,3-4H2,1H3,(H,10,13). The Balaban J connectivity index is 2.65. The number of aromatic nitrogens is 2. The summed E-state index contributed by atoms with van der Waals surface area (Å²) >= 11 is 12.5. The highest BCUT2D eigenvalue weighted by Crippen LogP contribution is 2.10. The Bertz CT molecular complexity index is 300. The van der Waals surface area contributed by atoms with Gasteiger partial charge in [-0.05, 0) is 18.5 Å². The third-order valence-electron chi connectivity index (χ3n) is 1.60. The van der Waals surface area contributed by atoms with E-state index in [9.17, 15) is 4.79 Å². The summed E-state index contributed by atoms with van der Waals surface area (Å²) in [6.45, 7) is 1.77. The molecule has 78 valence electrons. The summed E-state index contributed by atoms with van der Waals surface area (Å²) in [4.78, 5) is 11.5. The predicted octanol–water partition coefficient (Wildman–Crippen LogP) is 1.50. The van der Waals surface area contributed by atoms with Crippen LogP contribution in [0.1, 0.15) is 17.4 Å². The summed E-state index contributed by atoms with van der Waals surface area (Å²) in [5.74, 6) is 0.196. The van der Waals surface area contributed by atoms with Gasteiger partial charge in [-0.3, -0.25) is 4.79 Å². The number of carbonyl (C=O) groups excluding carboxylic acids is 1. The Labute approximate surface area is 95.8 Å². The first kappa shape index (κ1) is 11.7. The zero-order valence-electron chi connectivity index (χ0n) is 7.46. The van der Waals surface area contributed by atoms with Gasteiger partial charge in [-0.15, -0.1) is 28.3 Å². The predicted molar refractivity (Wildman–Crippen MR) is 57.2 cm³/mol. The van der Waals surface area contributed by atoms with E-state index in [4.69, 9.17) is 23.2 Å². The van der Waals surface area contributed by atoms with Crippen molar-refractivity contribution >= 4 is 40.6 Å². The van der Waals surface area contributed by atoms with E-state index < -0.39 is 5.54 Å². The van der Waals surface area contributed by atoms with E-state index in [-0.39, 0.29) is 23.4 Å². The van der Waals surface area contributed by atoms with Crippen LogP contribution in [0.15, 0.2) is 5.38 Å². The number of rotatable bonds is 4. The maximum Gasteiger partial charge on any atom is 0.273 e. The van der Waals surface area contributed by atoms with Crippen LogP contribution in [0.3, 0.4) is 0 Å². The van der Waals surface area contributed by atoms with Crippen molar-refractivity contribution in [1.29, 1.82) is 0 Å². The molecule has 0 aliphatic heterocycles. The topological polar surface area (TPSA) is 54.9 Å². The number of nitrogens with one attached hydrogen (secondary N) is 1. The Hall–Kier alpha value is -0.390. The first-order valence-electron chi connectivity index (χ1n) is 3.83. The molecule has 0 radical (unpaired) electrons. The summed E-state index contributed by atoms with van der Waals surface area (Å²) in [5, 5.41) is 7.90. The summed E-state index contributed by atoms with van der Waals surface area (Å²) in [5.41, 5.74) is -0.319. The van der Waals surface area contributed by atoms with Crippen molar-refractivity contribution < 1.29 is 4.79 Å². The molecule has 1 amide bonds. The van der Waals surface area contributed by atoms with Crippen LogP contribution >= 0.6 is 34.7 Å². The molecule has 0 fully saturated rings. The fourth-order valence-corrected chi connectivity index (χ4v) is 1.56. The average Bonchev–Trinajstić information content (AvgIpc) is 2.70. The lowest BCUT2D eigenvalue weighted by molar-refractivity contribution is 0.0916. The van der Waals surface area contributed by atoms with Crippen LogP contribution in [0.25, 0.3) is 0 Å². The van der Waals surface area contributed by atoms with Crippen LogP contribution in [0.4, 0.5) is 0 Å². The largest absolute Gasteiger partial charge is 0.343 e. The van der Waals surface area contributed by atoms with Crippen LogP contribution in [0, 0.1) is 0 Å². The number of alkyl halides is 2. The lowest BCUT2D eigenvalue weighted by Crippen LogP contribution is -2.49. The third-order valence-corrected chi connectivity index (χ3v) is 3.28. The van der Waals surface area contributed by atoms with Gasteiger partial charge in [-0.25, -0.2) is 0 Å². The Morgan fingerprint density at radius 3 is 2.71 bits per heavy atom. The minimum atomic E-state index is -0.607. The van der Waals surface area contributed by atoms with Gasteiger partial charge in [0.25, 0.3) is 5.91 Å². The summed E-state index contributed by atoms with van der Waals surface area (Å²) in [7, 11) is 0. The minimum absolute atomic E-state index is 0.250. The molecule has 1 aromatic rings. The molecule has 0 saturated carbocycles. The Kier molecular flexibility index (Phi) is 4.10. The van der Waals surface area contributed by atoms with Crippen molar-refractivity contribution in [2.75, 3.05) is 11.8 Å². The second-order valence-corrected chi connectivity index (χ2v) is 4.22. The van der Waals surface area contributed by atoms with Gasteiger partial charge < -0.3 is 5.32 Å². The molecule has 4 nitrogen and oxygen atoms in total. The Morgan fingerprint density at radius 1 is 1.64 bits per heavy atom. The molecule has 0 saturated heterocycles. The summed E-state index contributed by atoms with van der Waals surface area (Å²) in [6.07, 6.45) is 0. The van der Waals surface area contributed by atoms with Crippen molar-refractivity contribution in [3.05, 3.63) is 11.1 Å². The highest BCUT2D eigenvalue weighted by atomic mass is 35.5. The van der Waals surface area contributed by atoms with Crippen LogP contribution in [-0.4, -0.2) is 32.8 Å². The maximum absolute atomic E-state index is 11.5. The van der Waals surface area contributed by atoms with Gasteiger partial charge in [0.15, 0.2) is 5.69 Å². The second kappa shape index (κ2) is 4.91. The number of hydrogen-bond acceptors (Lipinski definition) is 4. The average molecular weight is 254 g/mol. The molecule has 0 aliphatic carbocycles. The van der Waals surface area contributed by atoms with E-state index in [1.807, 2.05) is 0 Å². The number of halogens is 2. The number of amides is 1. The maximum atomic E-state index is 11.5. The van der Waals surface area contributed by atoms with Crippen LogP contribution in [-0.2, 0) is 0 Å². The molecule has 0 unspecified atom stereocenters. The molecule has 1 aromatic heterocycles. The number of hydrogen-bond donors (Lipinski definition) is 1. The van der Waals surface area contributed by atoms with Gasteiger partial charge >= 0.3 is 0 Å². The molecule has 14 heavy (non-hydrogen) atoms. The van der Waals surface area contributed by atoms with E-state index in [2.05, 4.69) is 14.9 Å². The molecule has 0 aromatic carbocycles. The smallest absolute Gasteiger partial charge is 0.273 e. The van der Waals surface area contributed by atoms with Crippen molar-refractivity contribution in [2.24, 2.45) is 0 Å². The van der Waals surface area contributed by atoms with Gasteiger partial charge in [-0.1, -0.05) is 4.49 Å². The first-order chi connectivity index (χ1) is 6.61. The van der Waals surface area contributed by atoms with Crippen molar-refractivity contribution in [2.45, 2.75) is 12.5 Å². The highest BCUT2D eigenvalue weighted by molar-refractivity contribution is 7.03. The monoisotopic (exact) mass is 253 g/mol. The molecule has 7 heteroatoms. The second-order valence-electron chi connectivity index (χ2n) is 3.07. The third kappa shape index (κ3) is 2.80. The molecule has 0 atom stereocenters. The van der Waals surface area contributed by atoms with Gasteiger partial charge in [0.1, 0.15) is 0 Å². The zero-order valence-corrected chi connectivity index (χ0v) is 9.79. The zero-order chi connectivity index (χ0) is 10.6. The fourth-order valence-electron chi connectivity index (χ4n) is 0.704. The molecule has 0 bridgehead atoms. The van der Waals surface area contributed by atoms with Crippen LogP contribution in [0.5, 0.6) is 0 Å². The van der Waals surface area contributed by atoms with Crippen molar-refractivity contribution in [3.63, 3.8) is 0 Å². The van der Waals surface area contributed by atoms with E-state index in [0.717, 1.165) is 11.5 Å². The quantitative estimate of drug-likeness (QED) is 0.828.